The molecule has 0 aliphatic rings. The van der Waals surface area contributed by atoms with E-state index in [4.69, 9.17) is 10.5 Å². The van der Waals surface area contributed by atoms with Gasteiger partial charge in [-0.05, 0) is 24.6 Å². The molecule has 0 saturated carbocycles. The van der Waals surface area contributed by atoms with Gasteiger partial charge in [0.05, 0.1) is 19.5 Å². The smallest absolute Gasteiger partial charge is 0.271 e. The number of hydrogen-bond donors (Lipinski definition) is 2. The molecule has 0 aliphatic heterocycles. The minimum absolute atomic E-state index is 0.132. The molecule has 21 heavy (non-hydrogen) atoms. The maximum atomic E-state index is 12.2. The Morgan fingerprint density at radius 3 is 3.05 bits per heavy atom. The van der Waals surface area contributed by atoms with Gasteiger partial charge in [0.25, 0.3) is 5.91 Å². The monoisotopic (exact) mass is 288 g/mol. The van der Waals surface area contributed by atoms with Crippen LogP contribution in [0, 0.1) is 0 Å². The Labute approximate surface area is 123 Å². The highest BCUT2D eigenvalue weighted by molar-refractivity contribution is 5.92. The summed E-state index contributed by atoms with van der Waals surface area (Å²) < 4.78 is 6.98. The Morgan fingerprint density at radius 2 is 2.33 bits per heavy atom. The first-order valence-corrected chi connectivity index (χ1v) is 6.80. The number of amides is 1. The van der Waals surface area contributed by atoms with Crippen molar-refractivity contribution < 1.29 is 9.53 Å². The third-order valence-electron chi connectivity index (χ3n) is 3.19. The normalized spacial score (nSPS) is 12.0. The van der Waals surface area contributed by atoms with Crippen molar-refractivity contribution in [1.29, 1.82) is 0 Å². The number of benzene rings is 1. The molecule has 2 aromatic rings. The zero-order valence-corrected chi connectivity index (χ0v) is 12.2. The molecule has 0 aliphatic carbocycles. The third-order valence-corrected chi connectivity index (χ3v) is 3.19. The van der Waals surface area contributed by atoms with Gasteiger partial charge in [0.1, 0.15) is 11.4 Å². The van der Waals surface area contributed by atoms with Gasteiger partial charge in [0.2, 0.25) is 0 Å². The number of aromatic nitrogens is 2. The van der Waals surface area contributed by atoms with E-state index in [9.17, 15) is 4.79 Å². The molecule has 0 spiro atoms. The average Bonchev–Trinajstić information content (AvgIpc) is 2.96. The number of carbonyl (C=O) groups excluding carboxylic acids is 1. The standard InChI is InChI=1S/C15H20N4O2/c1-11(12-4-3-5-13(8-12)21-2)18-15(20)14-9-19(7-6-16)10-17-14/h3-5,8-11H,6-7,16H2,1-2H3,(H,18,20). The van der Waals surface area contributed by atoms with Crippen LogP contribution in [-0.4, -0.2) is 29.1 Å². The van der Waals surface area contributed by atoms with Gasteiger partial charge in [-0.25, -0.2) is 4.98 Å². The second-order valence-electron chi connectivity index (χ2n) is 4.76. The van der Waals surface area contributed by atoms with Gasteiger partial charge in [-0.3, -0.25) is 4.79 Å². The second-order valence-corrected chi connectivity index (χ2v) is 4.76. The Kier molecular flexibility index (Phi) is 4.94. The fourth-order valence-corrected chi connectivity index (χ4v) is 2.01. The molecule has 0 fully saturated rings. The number of methoxy groups -OCH3 is 1. The largest absolute Gasteiger partial charge is 0.497 e. The Morgan fingerprint density at radius 1 is 1.52 bits per heavy atom. The van der Waals surface area contributed by atoms with Gasteiger partial charge in [-0.15, -0.1) is 0 Å². The van der Waals surface area contributed by atoms with Crippen molar-refractivity contribution in [2.45, 2.75) is 19.5 Å². The topological polar surface area (TPSA) is 82.2 Å². The van der Waals surface area contributed by atoms with Crippen molar-refractivity contribution in [2.75, 3.05) is 13.7 Å². The van der Waals surface area contributed by atoms with Crippen LogP contribution in [0.4, 0.5) is 0 Å². The molecular formula is C15H20N4O2. The van der Waals surface area contributed by atoms with Crippen molar-refractivity contribution in [3.63, 3.8) is 0 Å². The van der Waals surface area contributed by atoms with E-state index in [2.05, 4.69) is 10.3 Å². The molecule has 6 nitrogen and oxygen atoms in total. The van der Waals surface area contributed by atoms with Crippen LogP contribution in [0.5, 0.6) is 5.75 Å². The summed E-state index contributed by atoms with van der Waals surface area (Å²) in [5, 5.41) is 2.92. The zero-order chi connectivity index (χ0) is 15.2. The lowest BCUT2D eigenvalue weighted by Gasteiger charge is -2.14. The van der Waals surface area contributed by atoms with Crippen LogP contribution < -0.4 is 15.8 Å². The predicted octanol–water partition coefficient (Wildman–Crippen LogP) is 1.34. The van der Waals surface area contributed by atoms with Crippen LogP contribution >= 0.6 is 0 Å². The summed E-state index contributed by atoms with van der Waals surface area (Å²) in [5.74, 6) is 0.557. The highest BCUT2D eigenvalue weighted by atomic mass is 16.5. The molecule has 2 rings (SSSR count). The molecule has 1 unspecified atom stereocenters. The SMILES string of the molecule is COc1cccc(C(C)NC(=O)c2cn(CCN)cn2)c1. The van der Waals surface area contributed by atoms with Crippen molar-refractivity contribution >= 4 is 5.91 Å². The number of rotatable bonds is 6. The maximum absolute atomic E-state index is 12.2. The fourth-order valence-electron chi connectivity index (χ4n) is 2.01. The summed E-state index contributed by atoms with van der Waals surface area (Å²) in [5.41, 5.74) is 6.83. The molecule has 0 radical (unpaired) electrons. The van der Waals surface area contributed by atoms with Crippen LogP contribution in [-0.2, 0) is 6.54 Å². The lowest BCUT2D eigenvalue weighted by Crippen LogP contribution is -2.27. The lowest BCUT2D eigenvalue weighted by atomic mass is 10.1. The number of carbonyl (C=O) groups is 1. The van der Waals surface area contributed by atoms with Crippen molar-refractivity contribution in [3.05, 3.63) is 48.0 Å². The van der Waals surface area contributed by atoms with Crippen molar-refractivity contribution in [1.82, 2.24) is 14.9 Å². The molecule has 1 amide bonds. The molecule has 112 valence electrons. The quantitative estimate of drug-likeness (QED) is 0.840. The second kappa shape index (κ2) is 6.90. The van der Waals surface area contributed by atoms with E-state index in [1.807, 2.05) is 31.2 Å². The first-order chi connectivity index (χ1) is 10.1. The van der Waals surface area contributed by atoms with Gasteiger partial charge >= 0.3 is 0 Å². The molecule has 1 heterocycles. The van der Waals surface area contributed by atoms with E-state index >= 15 is 0 Å². The highest BCUT2D eigenvalue weighted by Crippen LogP contribution is 2.19. The molecule has 0 saturated heterocycles. The summed E-state index contributed by atoms with van der Waals surface area (Å²) in [6, 6.07) is 7.48. The predicted molar refractivity (Wildman–Crippen MR) is 80.2 cm³/mol. The van der Waals surface area contributed by atoms with Crippen LogP contribution in [0.3, 0.4) is 0 Å². The summed E-state index contributed by atoms with van der Waals surface area (Å²) in [7, 11) is 1.62. The average molecular weight is 288 g/mol. The van der Waals surface area contributed by atoms with E-state index in [1.165, 1.54) is 0 Å². The summed E-state index contributed by atoms with van der Waals surface area (Å²) in [6.45, 7) is 3.08. The summed E-state index contributed by atoms with van der Waals surface area (Å²) >= 11 is 0. The van der Waals surface area contributed by atoms with E-state index in [1.54, 1.807) is 24.2 Å². The number of nitrogens with one attached hydrogen (secondary N) is 1. The highest BCUT2D eigenvalue weighted by Gasteiger charge is 2.14. The van der Waals surface area contributed by atoms with Crippen molar-refractivity contribution in [2.24, 2.45) is 5.73 Å². The molecular weight excluding hydrogens is 268 g/mol. The Hall–Kier alpha value is -2.34. The minimum atomic E-state index is -0.207. The van der Waals surface area contributed by atoms with E-state index in [-0.39, 0.29) is 11.9 Å². The summed E-state index contributed by atoms with van der Waals surface area (Å²) in [4.78, 5) is 16.2. The van der Waals surface area contributed by atoms with Crippen LogP contribution in [0.15, 0.2) is 36.8 Å². The van der Waals surface area contributed by atoms with Gasteiger partial charge in [-0.1, -0.05) is 12.1 Å². The van der Waals surface area contributed by atoms with Gasteiger partial charge in [0.15, 0.2) is 0 Å². The van der Waals surface area contributed by atoms with E-state index in [0.29, 0.717) is 18.8 Å². The molecule has 0 bridgehead atoms. The Bertz CT molecular complexity index is 609. The molecule has 1 aromatic carbocycles. The summed E-state index contributed by atoms with van der Waals surface area (Å²) in [6.07, 6.45) is 3.30. The maximum Gasteiger partial charge on any atom is 0.271 e. The molecule has 1 atom stereocenters. The third kappa shape index (κ3) is 3.82. The van der Waals surface area contributed by atoms with Gasteiger partial charge < -0.3 is 20.4 Å². The van der Waals surface area contributed by atoms with Crippen LogP contribution in [0.25, 0.3) is 0 Å². The Balaban J connectivity index is 2.03. The zero-order valence-electron chi connectivity index (χ0n) is 12.2. The molecule has 1 aromatic heterocycles. The minimum Gasteiger partial charge on any atom is -0.497 e. The van der Waals surface area contributed by atoms with Crippen LogP contribution in [0.2, 0.25) is 0 Å². The number of hydrogen-bond acceptors (Lipinski definition) is 4. The number of ether oxygens (including phenoxy) is 1. The lowest BCUT2D eigenvalue weighted by molar-refractivity contribution is 0.0935. The van der Waals surface area contributed by atoms with Gasteiger partial charge in [-0.2, -0.15) is 0 Å². The van der Waals surface area contributed by atoms with E-state index < -0.39 is 0 Å². The number of nitrogens with zero attached hydrogens (tertiary/aromatic N) is 2. The first kappa shape index (κ1) is 15.1. The fraction of sp³-hybridized carbons (Fsp3) is 0.333. The number of imidazole rings is 1. The van der Waals surface area contributed by atoms with E-state index in [0.717, 1.165) is 11.3 Å². The first-order valence-electron chi connectivity index (χ1n) is 6.80. The number of nitrogens with two attached hydrogens (primary N) is 1. The van der Waals surface area contributed by atoms with Crippen molar-refractivity contribution in [3.8, 4) is 5.75 Å². The molecule has 6 heteroatoms. The molecule has 3 N–H and O–H groups in total. The van der Waals surface area contributed by atoms with Crippen LogP contribution in [0.1, 0.15) is 29.0 Å². The van der Waals surface area contributed by atoms with Gasteiger partial charge in [0, 0.05) is 19.3 Å².